The molecule has 1 aromatic carbocycles. The second-order valence-electron chi connectivity index (χ2n) is 4.65. The highest BCUT2D eigenvalue weighted by Crippen LogP contribution is 2.24. The Balaban J connectivity index is 2.47. The molecule has 0 saturated heterocycles. The van der Waals surface area contributed by atoms with Crippen LogP contribution in [0.1, 0.15) is 32.7 Å². The minimum absolute atomic E-state index is 0.0220. The number of aryl methyl sites for hydroxylation is 3. The van der Waals surface area contributed by atoms with Crippen LogP contribution >= 0.6 is 0 Å². The Morgan fingerprint density at radius 3 is 2.47 bits per heavy atom. The van der Waals surface area contributed by atoms with Crippen LogP contribution in [0.15, 0.2) is 30.5 Å². The lowest BCUT2D eigenvalue weighted by Crippen LogP contribution is -2.05. The summed E-state index contributed by atoms with van der Waals surface area (Å²) in [5.74, 6) is 0.828. The van der Waals surface area contributed by atoms with Crippen LogP contribution in [0.3, 0.4) is 0 Å². The number of rotatable bonds is 3. The molecule has 0 bridgehead atoms. The fraction of sp³-hybridized carbons (Fsp3) is 0.250. The van der Waals surface area contributed by atoms with E-state index in [-0.39, 0.29) is 5.78 Å². The number of hydrogen-bond donors (Lipinski definition) is 0. The molecule has 0 saturated carbocycles. The smallest absolute Gasteiger partial charge is 0.193 e. The summed E-state index contributed by atoms with van der Waals surface area (Å²) in [6.07, 6.45) is 1.66. The van der Waals surface area contributed by atoms with Crippen LogP contribution in [-0.4, -0.2) is 17.9 Å². The van der Waals surface area contributed by atoms with Crippen molar-refractivity contribution in [2.45, 2.75) is 20.8 Å². The number of carbonyl (C=O) groups is 1. The Labute approximate surface area is 113 Å². The zero-order chi connectivity index (χ0) is 14.0. The van der Waals surface area contributed by atoms with Crippen molar-refractivity contribution < 1.29 is 9.53 Å². The monoisotopic (exact) mass is 255 g/mol. The van der Waals surface area contributed by atoms with Crippen LogP contribution in [0.2, 0.25) is 0 Å². The van der Waals surface area contributed by atoms with E-state index in [1.165, 1.54) is 0 Å². The Morgan fingerprint density at radius 2 is 1.84 bits per heavy atom. The van der Waals surface area contributed by atoms with E-state index in [0.717, 1.165) is 22.6 Å². The third-order valence-electron chi connectivity index (χ3n) is 3.15. The van der Waals surface area contributed by atoms with E-state index >= 15 is 0 Å². The summed E-state index contributed by atoms with van der Waals surface area (Å²) in [6, 6.07) is 7.33. The molecule has 19 heavy (non-hydrogen) atoms. The van der Waals surface area contributed by atoms with Gasteiger partial charge in [-0.2, -0.15) is 0 Å². The first-order valence-electron chi connectivity index (χ1n) is 6.15. The van der Waals surface area contributed by atoms with Gasteiger partial charge in [0.25, 0.3) is 0 Å². The highest BCUT2D eigenvalue weighted by molar-refractivity contribution is 6.10. The van der Waals surface area contributed by atoms with E-state index in [2.05, 4.69) is 4.98 Å². The molecule has 1 heterocycles. The van der Waals surface area contributed by atoms with Gasteiger partial charge in [-0.3, -0.25) is 9.78 Å². The molecule has 0 fully saturated rings. The van der Waals surface area contributed by atoms with E-state index in [1.54, 1.807) is 25.4 Å². The van der Waals surface area contributed by atoms with Crippen LogP contribution < -0.4 is 4.74 Å². The quantitative estimate of drug-likeness (QED) is 0.790. The summed E-state index contributed by atoms with van der Waals surface area (Å²) in [4.78, 5) is 16.6. The van der Waals surface area contributed by atoms with Gasteiger partial charge in [-0.1, -0.05) is 0 Å². The molecule has 0 atom stereocenters. The van der Waals surface area contributed by atoms with Crippen molar-refractivity contribution >= 4 is 5.78 Å². The van der Waals surface area contributed by atoms with Gasteiger partial charge in [-0.15, -0.1) is 0 Å². The Bertz CT molecular complexity index is 633. The molecular formula is C16H17NO2. The molecule has 0 unspecified atom stereocenters. The number of nitrogens with zero attached hydrogens (tertiary/aromatic N) is 1. The highest BCUT2D eigenvalue weighted by Gasteiger charge is 2.14. The maximum absolute atomic E-state index is 12.5. The second-order valence-corrected chi connectivity index (χ2v) is 4.65. The van der Waals surface area contributed by atoms with E-state index in [4.69, 9.17) is 4.74 Å². The molecule has 0 spiro atoms. The molecule has 98 valence electrons. The average molecular weight is 255 g/mol. The minimum atomic E-state index is 0.0220. The van der Waals surface area contributed by atoms with Gasteiger partial charge >= 0.3 is 0 Å². The molecule has 0 radical (unpaired) electrons. The molecule has 0 N–H and O–H groups in total. The number of aromatic nitrogens is 1. The molecule has 0 amide bonds. The van der Waals surface area contributed by atoms with Crippen molar-refractivity contribution in [1.29, 1.82) is 0 Å². The molecule has 1 aromatic heterocycles. The number of benzene rings is 1. The lowest BCUT2D eigenvalue weighted by atomic mass is 9.97. The Kier molecular flexibility index (Phi) is 3.65. The normalized spacial score (nSPS) is 10.3. The first kappa shape index (κ1) is 13.3. The van der Waals surface area contributed by atoms with Crippen LogP contribution in [0.25, 0.3) is 0 Å². The second kappa shape index (κ2) is 5.22. The Hall–Kier alpha value is -2.16. The molecule has 2 aromatic rings. The summed E-state index contributed by atoms with van der Waals surface area (Å²) in [5.41, 5.74) is 4.10. The van der Waals surface area contributed by atoms with Crippen molar-refractivity contribution in [1.82, 2.24) is 4.98 Å². The number of pyridine rings is 1. The SMILES string of the molecule is COc1cc(C)c(C(=O)c2ccnc(C)c2)cc1C. The maximum Gasteiger partial charge on any atom is 0.193 e. The summed E-state index contributed by atoms with van der Waals surface area (Å²) < 4.78 is 5.26. The molecule has 2 rings (SSSR count). The van der Waals surface area contributed by atoms with Crippen molar-refractivity contribution in [2.75, 3.05) is 7.11 Å². The van der Waals surface area contributed by atoms with E-state index in [0.29, 0.717) is 11.1 Å². The molecule has 3 heteroatoms. The third kappa shape index (κ3) is 2.65. The van der Waals surface area contributed by atoms with Gasteiger partial charge in [0, 0.05) is 23.0 Å². The van der Waals surface area contributed by atoms with Gasteiger partial charge < -0.3 is 4.74 Å². The van der Waals surface area contributed by atoms with Gasteiger partial charge in [0.15, 0.2) is 5.78 Å². The van der Waals surface area contributed by atoms with Crippen LogP contribution in [0, 0.1) is 20.8 Å². The zero-order valence-electron chi connectivity index (χ0n) is 11.7. The van der Waals surface area contributed by atoms with Crippen molar-refractivity contribution in [3.8, 4) is 5.75 Å². The first-order chi connectivity index (χ1) is 9.02. The standard InChI is InChI=1S/C16H17NO2/c1-10-8-15(19-4)11(2)7-14(10)16(18)13-5-6-17-12(3)9-13/h5-9H,1-4H3. The topological polar surface area (TPSA) is 39.2 Å². The summed E-state index contributed by atoms with van der Waals surface area (Å²) in [7, 11) is 1.63. The first-order valence-corrected chi connectivity index (χ1v) is 6.15. The minimum Gasteiger partial charge on any atom is -0.496 e. The maximum atomic E-state index is 12.5. The van der Waals surface area contributed by atoms with Gasteiger partial charge in [0.1, 0.15) is 5.75 Å². The lowest BCUT2D eigenvalue weighted by molar-refractivity contribution is 0.103. The van der Waals surface area contributed by atoms with Crippen LogP contribution in [0.4, 0.5) is 0 Å². The largest absolute Gasteiger partial charge is 0.496 e. The number of ketones is 1. The van der Waals surface area contributed by atoms with Gasteiger partial charge in [-0.05, 0) is 56.2 Å². The van der Waals surface area contributed by atoms with E-state index in [9.17, 15) is 4.79 Å². The van der Waals surface area contributed by atoms with Crippen LogP contribution in [0.5, 0.6) is 5.75 Å². The highest BCUT2D eigenvalue weighted by atomic mass is 16.5. The summed E-state index contributed by atoms with van der Waals surface area (Å²) >= 11 is 0. The van der Waals surface area contributed by atoms with E-state index < -0.39 is 0 Å². The lowest BCUT2D eigenvalue weighted by Gasteiger charge is -2.10. The van der Waals surface area contributed by atoms with Gasteiger partial charge in [0.05, 0.1) is 7.11 Å². The number of ether oxygens (including phenoxy) is 1. The zero-order valence-corrected chi connectivity index (χ0v) is 11.7. The molecule has 0 aliphatic carbocycles. The third-order valence-corrected chi connectivity index (χ3v) is 3.15. The summed E-state index contributed by atoms with van der Waals surface area (Å²) in [5, 5.41) is 0. The van der Waals surface area contributed by atoms with Crippen molar-refractivity contribution in [3.05, 3.63) is 58.4 Å². The predicted molar refractivity (Wildman–Crippen MR) is 74.9 cm³/mol. The van der Waals surface area contributed by atoms with Crippen molar-refractivity contribution in [3.63, 3.8) is 0 Å². The summed E-state index contributed by atoms with van der Waals surface area (Å²) in [6.45, 7) is 5.74. The van der Waals surface area contributed by atoms with Gasteiger partial charge in [-0.25, -0.2) is 0 Å². The van der Waals surface area contributed by atoms with Crippen LogP contribution in [-0.2, 0) is 0 Å². The fourth-order valence-electron chi connectivity index (χ4n) is 2.10. The average Bonchev–Trinajstić information content (AvgIpc) is 2.40. The van der Waals surface area contributed by atoms with E-state index in [1.807, 2.05) is 32.9 Å². The molecule has 0 aliphatic rings. The van der Waals surface area contributed by atoms with Gasteiger partial charge in [0.2, 0.25) is 0 Å². The van der Waals surface area contributed by atoms with Crippen molar-refractivity contribution in [2.24, 2.45) is 0 Å². The fourth-order valence-corrected chi connectivity index (χ4v) is 2.10. The molecule has 0 aliphatic heterocycles. The molecule has 3 nitrogen and oxygen atoms in total. The number of hydrogen-bond acceptors (Lipinski definition) is 3. The molecular weight excluding hydrogens is 238 g/mol. The number of carbonyl (C=O) groups excluding carboxylic acids is 1. The Morgan fingerprint density at radius 1 is 1.11 bits per heavy atom. The number of methoxy groups -OCH3 is 1. The predicted octanol–water partition coefficient (Wildman–Crippen LogP) is 3.25.